The van der Waals surface area contributed by atoms with E-state index in [9.17, 15) is 0 Å². The average Bonchev–Trinajstić information content (AvgIpc) is 3.00. The first-order valence-corrected chi connectivity index (χ1v) is 7.45. The molecule has 1 aliphatic carbocycles. The molecule has 0 unspecified atom stereocenters. The fourth-order valence-corrected chi connectivity index (χ4v) is 3.17. The van der Waals surface area contributed by atoms with E-state index in [1.165, 1.54) is 31.4 Å². The van der Waals surface area contributed by atoms with E-state index in [4.69, 9.17) is 5.73 Å². The maximum Gasteiger partial charge on any atom is 0.0874 e. The van der Waals surface area contributed by atoms with Gasteiger partial charge in [0.15, 0.2) is 0 Å². The molecular formula is C14H26N4. The van der Waals surface area contributed by atoms with Gasteiger partial charge < -0.3 is 5.73 Å². The minimum atomic E-state index is 0.500. The number of rotatable bonds is 6. The molecule has 2 N–H and O–H groups in total. The van der Waals surface area contributed by atoms with E-state index in [0.29, 0.717) is 18.5 Å². The molecule has 4 nitrogen and oxygen atoms in total. The summed E-state index contributed by atoms with van der Waals surface area (Å²) in [6, 6.07) is 0.500. The number of aromatic nitrogens is 3. The standard InChI is InChI=1S/C14H26N4/c1-3-12(4-2)18-14(11-7-5-6-8-11)13(9-10-15)16-17-18/h11-12H,3-10,15H2,1-2H3. The normalized spacial score (nSPS) is 16.9. The molecule has 102 valence electrons. The van der Waals surface area contributed by atoms with Crippen LogP contribution in [0.15, 0.2) is 0 Å². The summed E-state index contributed by atoms with van der Waals surface area (Å²) in [7, 11) is 0. The Morgan fingerprint density at radius 3 is 2.50 bits per heavy atom. The Kier molecular flexibility index (Phi) is 4.75. The molecule has 18 heavy (non-hydrogen) atoms. The minimum absolute atomic E-state index is 0.500. The van der Waals surface area contributed by atoms with Gasteiger partial charge in [0, 0.05) is 12.3 Å². The number of nitrogens with two attached hydrogens (primary N) is 1. The first-order valence-electron chi connectivity index (χ1n) is 7.45. The lowest BCUT2D eigenvalue weighted by Gasteiger charge is -2.19. The molecule has 0 aliphatic heterocycles. The van der Waals surface area contributed by atoms with Crippen molar-refractivity contribution < 1.29 is 0 Å². The first kappa shape index (κ1) is 13.5. The van der Waals surface area contributed by atoms with Crippen LogP contribution >= 0.6 is 0 Å². The second kappa shape index (κ2) is 6.32. The van der Waals surface area contributed by atoms with Gasteiger partial charge in [-0.05, 0) is 32.2 Å². The molecule has 2 rings (SSSR count). The molecule has 1 saturated carbocycles. The first-order chi connectivity index (χ1) is 8.81. The SMILES string of the molecule is CCC(CC)n1nnc(CCN)c1C1CCCC1. The van der Waals surface area contributed by atoms with Crippen molar-refractivity contribution in [1.82, 2.24) is 15.0 Å². The lowest BCUT2D eigenvalue weighted by Crippen LogP contribution is -2.16. The van der Waals surface area contributed by atoms with Crippen LogP contribution in [0.3, 0.4) is 0 Å². The van der Waals surface area contributed by atoms with Crippen molar-refractivity contribution >= 4 is 0 Å². The summed E-state index contributed by atoms with van der Waals surface area (Å²) in [5.41, 5.74) is 8.25. The minimum Gasteiger partial charge on any atom is -0.330 e. The molecule has 0 saturated heterocycles. The zero-order valence-electron chi connectivity index (χ0n) is 11.7. The van der Waals surface area contributed by atoms with Gasteiger partial charge in [0.25, 0.3) is 0 Å². The molecule has 0 bridgehead atoms. The molecule has 1 aromatic rings. The van der Waals surface area contributed by atoms with Crippen molar-refractivity contribution in [2.75, 3.05) is 6.54 Å². The fourth-order valence-electron chi connectivity index (χ4n) is 3.17. The van der Waals surface area contributed by atoms with E-state index in [-0.39, 0.29) is 0 Å². The van der Waals surface area contributed by atoms with Crippen LogP contribution in [0.4, 0.5) is 0 Å². The summed E-state index contributed by atoms with van der Waals surface area (Å²) in [5.74, 6) is 0.669. The van der Waals surface area contributed by atoms with Crippen LogP contribution in [0.2, 0.25) is 0 Å². The summed E-state index contributed by atoms with van der Waals surface area (Å²) in [5, 5.41) is 8.83. The van der Waals surface area contributed by atoms with Crippen molar-refractivity contribution in [2.45, 2.75) is 70.8 Å². The van der Waals surface area contributed by atoms with E-state index >= 15 is 0 Å². The van der Waals surface area contributed by atoms with Crippen molar-refractivity contribution in [3.8, 4) is 0 Å². The third-order valence-corrected chi connectivity index (χ3v) is 4.22. The predicted molar refractivity (Wildman–Crippen MR) is 73.6 cm³/mol. The van der Waals surface area contributed by atoms with E-state index in [0.717, 1.165) is 25.0 Å². The number of hydrogen-bond acceptors (Lipinski definition) is 3. The Hall–Kier alpha value is -0.900. The van der Waals surface area contributed by atoms with Gasteiger partial charge >= 0.3 is 0 Å². The predicted octanol–water partition coefficient (Wildman–Crippen LogP) is 2.80. The van der Waals surface area contributed by atoms with Gasteiger partial charge in [0.2, 0.25) is 0 Å². The highest BCUT2D eigenvalue weighted by Crippen LogP contribution is 2.37. The lowest BCUT2D eigenvalue weighted by atomic mass is 9.99. The topological polar surface area (TPSA) is 56.7 Å². The van der Waals surface area contributed by atoms with Gasteiger partial charge in [0.05, 0.1) is 17.4 Å². The van der Waals surface area contributed by atoms with Gasteiger partial charge in [-0.25, -0.2) is 4.68 Å². The van der Waals surface area contributed by atoms with Crippen LogP contribution in [0.5, 0.6) is 0 Å². The van der Waals surface area contributed by atoms with Crippen molar-refractivity contribution in [3.05, 3.63) is 11.4 Å². The van der Waals surface area contributed by atoms with Crippen molar-refractivity contribution in [3.63, 3.8) is 0 Å². The van der Waals surface area contributed by atoms with E-state index < -0.39 is 0 Å². The molecule has 0 atom stereocenters. The Bertz CT molecular complexity index is 362. The smallest absolute Gasteiger partial charge is 0.0874 e. The molecule has 1 heterocycles. The summed E-state index contributed by atoms with van der Waals surface area (Å²) >= 11 is 0. The monoisotopic (exact) mass is 250 g/mol. The Labute approximate surface area is 110 Å². The second-order valence-corrected chi connectivity index (χ2v) is 5.36. The maximum absolute atomic E-state index is 5.70. The highest BCUT2D eigenvalue weighted by molar-refractivity contribution is 5.18. The van der Waals surface area contributed by atoms with Gasteiger partial charge in [0.1, 0.15) is 0 Å². The summed E-state index contributed by atoms with van der Waals surface area (Å²) < 4.78 is 2.21. The largest absolute Gasteiger partial charge is 0.330 e. The van der Waals surface area contributed by atoms with E-state index in [1.54, 1.807) is 0 Å². The van der Waals surface area contributed by atoms with Crippen LogP contribution in [-0.2, 0) is 6.42 Å². The molecule has 4 heteroatoms. The van der Waals surface area contributed by atoms with E-state index in [2.05, 4.69) is 28.8 Å². The Morgan fingerprint density at radius 1 is 1.28 bits per heavy atom. The maximum atomic E-state index is 5.70. The zero-order chi connectivity index (χ0) is 13.0. The van der Waals surface area contributed by atoms with Crippen LogP contribution in [-0.4, -0.2) is 21.5 Å². The van der Waals surface area contributed by atoms with Crippen molar-refractivity contribution in [1.29, 1.82) is 0 Å². The molecule has 0 radical (unpaired) electrons. The summed E-state index contributed by atoms with van der Waals surface area (Å²) in [6.07, 6.45) is 8.41. The molecule has 0 aromatic carbocycles. The summed E-state index contributed by atoms with van der Waals surface area (Å²) in [6.45, 7) is 5.13. The zero-order valence-corrected chi connectivity index (χ0v) is 11.7. The Morgan fingerprint density at radius 2 is 1.94 bits per heavy atom. The number of nitrogens with zero attached hydrogens (tertiary/aromatic N) is 3. The van der Waals surface area contributed by atoms with Gasteiger partial charge in [-0.2, -0.15) is 0 Å². The third kappa shape index (κ3) is 2.58. The Balaban J connectivity index is 2.32. The molecule has 1 fully saturated rings. The highest BCUT2D eigenvalue weighted by Gasteiger charge is 2.27. The van der Waals surface area contributed by atoms with Crippen LogP contribution in [0.1, 0.15) is 75.7 Å². The van der Waals surface area contributed by atoms with Crippen LogP contribution in [0, 0.1) is 0 Å². The third-order valence-electron chi connectivity index (χ3n) is 4.22. The molecule has 0 spiro atoms. The van der Waals surface area contributed by atoms with Crippen molar-refractivity contribution in [2.24, 2.45) is 5.73 Å². The van der Waals surface area contributed by atoms with E-state index in [1.807, 2.05) is 0 Å². The quantitative estimate of drug-likeness (QED) is 0.844. The second-order valence-electron chi connectivity index (χ2n) is 5.36. The molecule has 0 amide bonds. The summed E-state index contributed by atoms with van der Waals surface area (Å²) in [4.78, 5) is 0. The molecular weight excluding hydrogens is 224 g/mol. The molecule has 1 aromatic heterocycles. The number of hydrogen-bond donors (Lipinski definition) is 1. The van der Waals surface area contributed by atoms with Gasteiger partial charge in [-0.15, -0.1) is 5.10 Å². The lowest BCUT2D eigenvalue weighted by molar-refractivity contribution is 0.394. The fraction of sp³-hybridized carbons (Fsp3) is 0.857. The average molecular weight is 250 g/mol. The van der Waals surface area contributed by atoms with Crippen LogP contribution in [0.25, 0.3) is 0 Å². The van der Waals surface area contributed by atoms with Crippen LogP contribution < -0.4 is 5.73 Å². The molecule has 1 aliphatic rings. The van der Waals surface area contributed by atoms with Gasteiger partial charge in [-0.3, -0.25) is 0 Å². The highest BCUT2D eigenvalue weighted by atomic mass is 15.4. The van der Waals surface area contributed by atoms with Gasteiger partial charge in [-0.1, -0.05) is 31.9 Å².